The van der Waals surface area contributed by atoms with Crippen LogP contribution in [0.15, 0.2) is 18.3 Å². The van der Waals surface area contributed by atoms with Gasteiger partial charge >= 0.3 is 12.0 Å². The van der Waals surface area contributed by atoms with Gasteiger partial charge in [0.15, 0.2) is 0 Å². The smallest absolute Gasteiger partial charge is 0.319 e. The SMILES string of the molecule is O=C(O)Cc1ccc(NC(=O)NCC2COCCO2)cn1. The summed E-state index contributed by atoms with van der Waals surface area (Å²) in [4.78, 5) is 26.2. The number of rotatable bonds is 5. The number of carboxylic acid groups (broad SMARTS) is 1. The number of carbonyl (C=O) groups excluding carboxylic acids is 1. The number of anilines is 1. The van der Waals surface area contributed by atoms with Gasteiger partial charge in [-0.2, -0.15) is 0 Å². The third-order valence-electron chi connectivity index (χ3n) is 2.79. The van der Waals surface area contributed by atoms with Crippen molar-refractivity contribution in [2.75, 3.05) is 31.7 Å². The second kappa shape index (κ2) is 7.55. The highest BCUT2D eigenvalue weighted by Gasteiger charge is 2.15. The molecule has 0 aliphatic carbocycles. The van der Waals surface area contributed by atoms with Crippen molar-refractivity contribution in [1.82, 2.24) is 10.3 Å². The van der Waals surface area contributed by atoms with Gasteiger partial charge in [0.05, 0.1) is 49.9 Å². The first-order valence-electron chi connectivity index (χ1n) is 6.54. The standard InChI is InChI=1S/C13H17N3O5/c17-12(18)5-9-1-2-10(6-14-9)16-13(19)15-7-11-8-20-3-4-21-11/h1-2,6,11H,3-5,7-8H2,(H,17,18)(H2,15,16,19). The van der Waals surface area contributed by atoms with Crippen molar-refractivity contribution in [1.29, 1.82) is 0 Å². The maximum atomic E-state index is 11.7. The van der Waals surface area contributed by atoms with Crippen molar-refractivity contribution in [2.24, 2.45) is 0 Å². The number of aliphatic carboxylic acids is 1. The van der Waals surface area contributed by atoms with E-state index < -0.39 is 5.97 Å². The molecule has 2 amide bonds. The monoisotopic (exact) mass is 295 g/mol. The van der Waals surface area contributed by atoms with Gasteiger partial charge in [-0.1, -0.05) is 0 Å². The summed E-state index contributed by atoms with van der Waals surface area (Å²) in [6, 6.07) is 2.78. The molecule has 1 aromatic heterocycles. The van der Waals surface area contributed by atoms with E-state index in [4.69, 9.17) is 14.6 Å². The number of amides is 2. The van der Waals surface area contributed by atoms with Crippen LogP contribution in [0.2, 0.25) is 0 Å². The van der Waals surface area contributed by atoms with Gasteiger partial charge in [-0.15, -0.1) is 0 Å². The Labute approximate surface area is 121 Å². The molecule has 2 rings (SSSR count). The fourth-order valence-corrected chi connectivity index (χ4v) is 1.79. The molecule has 114 valence electrons. The molecule has 21 heavy (non-hydrogen) atoms. The average molecular weight is 295 g/mol. The molecule has 0 bridgehead atoms. The Morgan fingerprint density at radius 2 is 2.24 bits per heavy atom. The summed E-state index contributed by atoms with van der Waals surface area (Å²) in [5.74, 6) is -0.948. The van der Waals surface area contributed by atoms with E-state index in [9.17, 15) is 9.59 Å². The molecule has 2 heterocycles. The molecule has 0 aromatic carbocycles. The fourth-order valence-electron chi connectivity index (χ4n) is 1.79. The quantitative estimate of drug-likeness (QED) is 0.718. The van der Waals surface area contributed by atoms with E-state index in [0.717, 1.165) is 0 Å². The molecule has 1 aliphatic rings. The molecule has 1 aromatic rings. The first kappa shape index (κ1) is 15.2. The predicted molar refractivity (Wildman–Crippen MR) is 73.2 cm³/mol. The van der Waals surface area contributed by atoms with Gasteiger partial charge in [0.25, 0.3) is 0 Å². The third kappa shape index (κ3) is 5.36. The highest BCUT2D eigenvalue weighted by molar-refractivity contribution is 5.89. The summed E-state index contributed by atoms with van der Waals surface area (Å²) < 4.78 is 10.6. The highest BCUT2D eigenvalue weighted by atomic mass is 16.6. The van der Waals surface area contributed by atoms with Crippen LogP contribution in [0.4, 0.5) is 10.5 Å². The Kier molecular flexibility index (Phi) is 5.47. The number of ether oxygens (including phenoxy) is 2. The Morgan fingerprint density at radius 1 is 1.38 bits per heavy atom. The van der Waals surface area contributed by atoms with E-state index in [-0.39, 0.29) is 18.6 Å². The highest BCUT2D eigenvalue weighted by Crippen LogP contribution is 2.06. The number of aromatic nitrogens is 1. The van der Waals surface area contributed by atoms with E-state index in [2.05, 4.69) is 15.6 Å². The first-order chi connectivity index (χ1) is 10.1. The maximum absolute atomic E-state index is 11.7. The van der Waals surface area contributed by atoms with Gasteiger partial charge in [-0.05, 0) is 12.1 Å². The number of nitrogens with one attached hydrogen (secondary N) is 2. The van der Waals surface area contributed by atoms with Crippen molar-refractivity contribution in [3.63, 3.8) is 0 Å². The molecule has 1 atom stereocenters. The van der Waals surface area contributed by atoms with Gasteiger partial charge in [-0.3, -0.25) is 9.78 Å². The van der Waals surface area contributed by atoms with Gasteiger partial charge in [0.1, 0.15) is 0 Å². The maximum Gasteiger partial charge on any atom is 0.319 e. The zero-order valence-electron chi connectivity index (χ0n) is 11.4. The van der Waals surface area contributed by atoms with Crippen LogP contribution >= 0.6 is 0 Å². The molecular weight excluding hydrogens is 278 g/mol. The number of hydrogen-bond donors (Lipinski definition) is 3. The second-order valence-corrected chi connectivity index (χ2v) is 4.51. The number of carbonyl (C=O) groups is 2. The van der Waals surface area contributed by atoms with Crippen LogP contribution < -0.4 is 10.6 Å². The fraction of sp³-hybridized carbons (Fsp3) is 0.462. The van der Waals surface area contributed by atoms with Crippen LogP contribution in [0.25, 0.3) is 0 Å². The lowest BCUT2D eigenvalue weighted by Crippen LogP contribution is -2.41. The number of nitrogens with zero attached hydrogens (tertiary/aromatic N) is 1. The summed E-state index contributed by atoms with van der Waals surface area (Å²) in [6.07, 6.45) is 1.13. The van der Waals surface area contributed by atoms with Crippen LogP contribution in [-0.2, 0) is 20.7 Å². The number of carboxylic acids is 1. The van der Waals surface area contributed by atoms with Crippen LogP contribution in [-0.4, -0.2) is 54.6 Å². The van der Waals surface area contributed by atoms with Gasteiger partial charge in [-0.25, -0.2) is 4.79 Å². The van der Waals surface area contributed by atoms with Crippen LogP contribution in [0.1, 0.15) is 5.69 Å². The van der Waals surface area contributed by atoms with Crippen molar-refractivity contribution < 1.29 is 24.2 Å². The molecule has 3 N–H and O–H groups in total. The van der Waals surface area contributed by atoms with Crippen molar-refractivity contribution in [2.45, 2.75) is 12.5 Å². The lowest BCUT2D eigenvalue weighted by molar-refractivity contribution is -0.136. The Bertz CT molecular complexity index is 485. The Morgan fingerprint density at radius 3 is 2.86 bits per heavy atom. The summed E-state index contributed by atoms with van der Waals surface area (Å²) in [6.45, 7) is 1.93. The summed E-state index contributed by atoms with van der Waals surface area (Å²) >= 11 is 0. The normalized spacial score (nSPS) is 18.0. The minimum Gasteiger partial charge on any atom is -0.481 e. The first-order valence-corrected chi connectivity index (χ1v) is 6.54. The van der Waals surface area contributed by atoms with Crippen LogP contribution in [0.3, 0.4) is 0 Å². The minimum absolute atomic E-state index is 0.138. The largest absolute Gasteiger partial charge is 0.481 e. The molecule has 0 saturated carbocycles. The van der Waals surface area contributed by atoms with E-state index in [1.54, 1.807) is 12.1 Å². The average Bonchev–Trinajstić information content (AvgIpc) is 2.48. The Balaban J connectivity index is 1.75. The molecular formula is C13H17N3O5. The van der Waals surface area contributed by atoms with Crippen molar-refractivity contribution >= 4 is 17.7 Å². The summed E-state index contributed by atoms with van der Waals surface area (Å²) in [5.41, 5.74) is 0.920. The van der Waals surface area contributed by atoms with E-state index in [1.807, 2.05) is 0 Å². The summed E-state index contributed by atoms with van der Waals surface area (Å²) in [5, 5.41) is 13.9. The van der Waals surface area contributed by atoms with Gasteiger partial charge in [0, 0.05) is 6.54 Å². The van der Waals surface area contributed by atoms with Gasteiger partial charge in [0.2, 0.25) is 0 Å². The number of hydrogen-bond acceptors (Lipinski definition) is 5. The molecule has 1 saturated heterocycles. The van der Waals surface area contributed by atoms with Gasteiger partial charge < -0.3 is 25.2 Å². The zero-order chi connectivity index (χ0) is 15.1. The third-order valence-corrected chi connectivity index (χ3v) is 2.79. The van der Waals surface area contributed by atoms with E-state index in [1.165, 1.54) is 6.20 Å². The molecule has 1 fully saturated rings. The minimum atomic E-state index is -0.948. The second-order valence-electron chi connectivity index (χ2n) is 4.51. The van der Waals surface area contributed by atoms with Crippen molar-refractivity contribution in [3.05, 3.63) is 24.0 Å². The zero-order valence-corrected chi connectivity index (χ0v) is 11.4. The predicted octanol–water partition coefficient (Wildman–Crippen LogP) is 0.246. The van der Waals surface area contributed by atoms with Crippen molar-refractivity contribution in [3.8, 4) is 0 Å². The molecule has 0 radical (unpaired) electrons. The lowest BCUT2D eigenvalue weighted by atomic mass is 10.2. The molecule has 8 heteroatoms. The molecule has 1 aliphatic heterocycles. The molecule has 8 nitrogen and oxygen atoms in total. The van der Waals surface area contributed by atoms with Crippen LogP contribution in [0.5, 0.6) is 0 Å². The topological polar surface area (TPSA) is 110 Å². The van der Waals surface area contributed by atoms with Crippen LogP contribution in [0, 0.1) is 0 Å². The number of urea groups is 1. The van der Waals surface area contributed by atoms with E-state index in [0.29, 0.717) is 37.7 Å². The Hall–Kier alpha value is -2.19. The lowest BCUT2D eigenvalue weighted by Gasteiger charge is -2.23. The molecule has 0 spiro atoms. The summed E-state index contributed by atoms with van der Waals surface area (Å²) in [7, 11) is 0. The van der Waals surface area contributed by atoms with E-state index >= 15 is 0 Å². The molecule has 1 unspecified atom stereocenters. The number of pyridine rings is 1.